The Kier molecular flexibility index (Phi) is 5.31. The highest BCUT2D eigenvalue weighted by Crippen LogP contribution is 2.28. The molecule has 1 aromatic heterocycles. The van der Waals surface area contributed by atoms with Crippen LogP contribution in [0.25, 0.3) is 0 Å². The predicted molar refractivity (Wildman–Crippen MR) is 89.3 cm³/mol. The molecule has 0 bridgehead atoms. The molecule has 2 aromatic rings. The standard InChI is InChI=1S/C16H21Cl2N3/c1-5-19-15(12-7-6-10(2)14(17)8-12)9-13-11(3)20-21(4)16(13)18/h6-8,15,19H,5,9H2,1-4H3. The summed E-state index contributed by atoms with van der Waals surface area (Å²) in [6, 6.07) is 6.38. The maximum atomic E-state index is 6.35. The Morgan fingerprint density at radius 1 is 1.29 bits per heavy atom. The summed E-state index contributed by atoms with van der Waals surface area (Å²) in [6.07, 6.45) is 0.797. The molecule has 5 heteroatoms. The Balaban J connectivity index is 2.32. The van der Waals surface area contributed by atoms with Crippen molar-refractivity contribution < 1.29 is 0 Å². The number of aromatic nitrogens is 2. The molecule has 0 aliphatic carbocycles. The van der Waals surface area contributed by atoms with Gasteiger partial charge in [-0.15, -0.1) is 0 Å². The van der Waals surface area contributed by atoms with Gasteiger partial charge in [0, 0.05) is 23.7 Å². The van der Waals surface area contributed by atoms with Crippen LogP contribution >= 0.6 is 23.2 Å². The number of nitrogens with one attached hydrogen (secondary N) is 1. The lowest BCUT2D eigenvalue weighted by molar-refractivity contribution is 0.548. The third-order valence-electron chi connectivity index (χ3n) is 3.73. The van der Waals surface area contributed by atoms with Crippen molar-refractivity contribution >= 4 is 23.2 Å². The molecule has 3 nitrogen and oxygen atoms in total. The topological polar surface area (TPSA) is 29.9 Å². The molecule has 1 N–H and O–H groups in total. The highest BCUT2D eigenvalue weighted by atomic mass is 35.5. The van der Waals surface area contributed by atoms with Gasteiger partial charge in [-0.05, 0) is 44.0 Å². The number of nitrogens with zero attached hydrogens (tertiary/aromatic N) is 2. The molecule has 2 rings (SSSR count). The second kappa shape index (κ2) is 6.82. The molecule has 0 radical (unpaired) electrons. The van der Waals surface area contributed by atoms with Gasteiger partial charge in [0.05, 0.1) is 5.69 Å². The van der Waals surface area contributed by atoms with E-state index in [4.69, 9.17) is 23.2 Å². The van der Waals surface area contributed by atoms with Gasteiger partial charge in [-0.3, -0.25) is 4.68 Å². The zero-order valence-corrected chi connectivity index (χ0v) is 14.4. The van der Waals surface area contributed by atoms with Crippen molar-refractivity contribution in [1.29, 1.82) is 0 Å². The van der Waals surface area contributed by atoms with Crippen LogP contribution in [0.1, 0.15) is 35.3 Å². The normalized spacial score (nSPS) is 12.7. The van der Waals surface area contributed by atoms with Crippen LogP contribution in [0.2, 0.25) is 10.2 Å². The van der Waals surface area contributed by atoms with E-state index in [9.17, 15) is 0 Å². The van der Waals surface area contributed by atoms with E-state index in [2.05, 4.69) is 29.5 Å². The van der Waals surface area contributed by atoms with Crippen LogP contribution in [0.15, 0.2) is 18.2 Å². The van der Waals surface area contributed by atoms with Gasteiger partial charge in [0.1, 0.15) is 5.15 Å². The Hall–Kier alpha value is -1.03. The molecule has 1 atom stereocenters. The second-order valence-corrected chi connectivity index (χ2v) is 6.07. The molecule has 0 saturated carbocycles. The first-order valence-electron chi connectivity index (χ1n) is 7.11. The Morgan fingerprint density at radius 2 is 2.00 bits per heavy atom. The molecule has 1 heterocycles. The van der Waals surface area contributed by atoms with Gasteiger partial charge in [-0.2, -0.15) is 5.10 Å². The number of hydrogen-bond acceptors (Lipinski definition) is 2. The molecular weight excluding hydrogens is 305 g/mol. The Morgan fingerprint density at radius 3 is 2.52 bits per heavy atom. The maximum Gasteiger partial charge on any atom is 0.130 e. The third-order valence-corrected chi connectivity index (χ3v) is 4.61. The van der Waals surface area contributed by atoms with Crippen LogP contribution in [-0.4, -0.2) is 16.3 Å². The first-order valence-corrected chi connectivity index (χ1v) is 7.87. The molecule has 0 saturated heterocycles. The summed E-state index contributed by atoms with van der Waals surface area (Å²) in [7, 11) is 1.86. The zero-order chi connectivity index (χ0) is 15.6. The minimum absolute atomic E-state index is 0.175. The number of halogens is 2. The summed E-state index contributed by atoms with van der Waals surface area (Å²) in [5.74, 6) is 0. The summed E-state index contributed by atoms with van der Waals surface area (Å²) in [4.78, 5) is 0. The Bertz CT molecular complexity index is 635. The molecule has 1 unspecified atom stereocenters. The van der Waals surface area contributed by atoms with Gasteiger partial charge in [0.2, 0.25) is 0 Å². The highest BCUT2D eigenvalue weighted by Gasteiger charge is 2.18. The third kappa shape index (κ3) is 3.60. The van der Waals surface area contributed by atoms with Crippen molar-refractivity contribution in [2.75, 3.05) is 6.54 Å². The SMILES string of the molecule is CCNC(Cc1c(C)nn(C)c1Cl)c1ccc(C)c(Cl)c1. The fourth-order valence-electron chi connectivity index (χ4n) is 2.49. The van der Waals surface area contributed by atoms with Gasteiger partial charge in [0.15, 0.2) is 0 Å². The van der Waals surface area contributed by atoms with Gasteiger partial charge in [-0.25, -0.2) is 0 Å². The molecule has 21 heavy (non-hydrogen) atoms. The fraction of sp³-hybridized carbons (Fsp3) is 0.438. The molecule has 0 aliphatic rings. The lowest BCUT2D eigenvalue weighted by atomic mass is 9.98. The summed E-state index contributed by atoms with van der Waals surface area (Å²) in [5, 5.41) is 9.38. The van der Waals surface area contributed by atoms with Gasteiger partial charge in [0.25, 0.3) is 0 Å². The predicted octanol–water partition coefficient (Wildman–Crippen LogP) is 4.24. The quantitative estimate of drug-likeness (QED) is 0.891. The van der Waals surface area contributed by atoms with E-state index in [1.54, 1.807) is 4.68 Å². The first kappa shape index (κ1) is 16.3. The van der Waals surface area contributed by atoms with Gasteiger partial charge >= 0.3 is 0 Å². The van der Waals surface area contributed by atoms with Crippen molar-refractivity contribution in [3.05, 3.63) is 50.8 Å². The van der Waals surface area contributed by atoms with Crippen LogP contribution in [-0.2, 0) is 13.5 Å². The van der Waals surface area contributed by atoms with Crippen LogP contribution in [0.4, 0.5) is 0 Å². The van der Waals surface area contributed by atoms with Crippen LogP contribution in [0, 0.1) is 13.8 Å². The van der Waals surface area contributed by atoms with E-state index in [1.807, 2.05) is 27.0 Å². The average Bonchev–Trinajstić information content (AvgIpc) is 2.68. The van der Waals surface area contributed by atoms with E-state index >= 15 is 0 Å². The molecular formula is C16H21Cl2N3. The van der Waals surface area contributed by atoms with Crippen LogP contribution in [0.5, 0.6) is 0 Å². The minimum atomic E-state index is 0.175. The van der Waals surface area contributed by atoms with Crippen molar-refractivity contribution in [1.82, 2.24) is 15.1 Å². The number of benzene rings is 1. The van der Waals surface area contributed by atoms with Gasteiger partial charge in [-0.1, -0.05) is 42.3 Å². The lowest BCUT2D eigenvalue weighted by Crippen LogP contribution is -2.23. The number of hydrogen-bond donors (Lipinski definition) is 1. The van der Waals surface area contributed by atoms with Crippen LogP contribution in [0.3, 0.4) is 0 Å². The summed E-state index contributed by atoms with van der Waals surface area (Å²) >= 11 is 12.6. The highest BCUT2D eigenvalue weighted by molar-refractivity contribution is 6.31. The molecule has 0 amide bonds. The number of aryl methyl sites for hydroxylation is 3. The minimum Gasteiger partial charge on any atom is -0.310 e. The zero-order valence-electron chi connectivity index (χ0n) is 12.9. The maximum absolute atomic E-state index is 6.35. The average molecular weight is 326 g/mol. The summed E-state index contributed by atoms with van der Waals surface area (Å²) in [6.45, 7) is 6.98. The van der Waals surface area contributed by atoms with E-state index in [1.165, 1.54) is 5.56 Å². The van der Waals surface area contributed by atoms with Crippen molar-refractivity contribution in [3.8, 4) is 0 Å². The molecule has 0 fully saturated rings. The van der Waals surface area contributed by atoms with Crippen LogP contribution < -0.4 is 5.32 Å². The van der Waals surface area contributed by atoms with Crippen molar-refractivity contribution in [3.63, 3.8) is 0 Å². The van der Waals surface area contributed by atoms with Crippen molar-refractivity contribution in [2.24, 2.45) is 7.05 Å². The molecule has 0 spiro atoms. The van der Waals surface area contributed by atoms with Crippen molar-refractivity contribution in [2.45, 2.75) is 33.2 Å². The molecule has 114 valence electrons. The monoisotopic (exact) mass is 325 g/mol. The Labute approximate surface area is 136 Å². The smallest absolute Gasteiger partial charge is 0.130 e. The fourth-order valence-corrected chi connectivity index (χ4v) is 2.93. The number of rotatable bonds is 5. The van der Waals surface area contributed by atoms with E-state index in [0.717, 1.165) is 34.8 Å². The van der Waals surface area contributed by atoms with E-state index in [0.29, 0.717) is 5.15 Å². The number of likely N-dealkylation sites (N-methyl/N-ethyl adjacent to an activating group) is 1. The lowest BCUT2D eigenvalue weighted by Gasteiger charge is -2.19. The summed E-state index contributed by atoms with van der Waals surface area (Å²) in [5.41, 5.74) is 4.32. The van der Waals surface area contributed by atoms with E-state index < -0.39 is 0 Å². The molecule has 0 aliphatic heterocycles. The second-order valence-electron chi connectivity index (χ2n) is 5.30. The largest absolute Gasteiger partial charge is 0.310 e. The van der Waals surface area contributed by atoms with Gasteiger partial charge < -0.3 is 5.32 Å². The first-order chi connectivity index (χ1) is 9.93. The summed E-state index contributed by atoms with van der Waals surface area (Å²) < 4.78 is 1.72. The van der Waals surface area contributed by atoms with E-state index in [-0.39, 0.29) is 6.04 Å². The molecule has 1 aromatic carbocycles.